The number of rotatable bonds is 3. The second-order valence-corrected chi connectivity index (χ2v) is 6.08. The van der Waals surface area contributed by atoms with E-state index in [-0.39, 0.29) is 0 Å². The molecule has 1 atom stereocenters. The Kier molecular flexibility index (Phi) is 4.39. The van der Waals surface area contributed by atoms with Gasteiger partial charge in [-0.15, -0.1) is 0 Å². The summed E-state index contributed by atoms with van der Waals surface area (Å²) in [6.45, 7) is 6.36. The third-order valence-corrected chi connectivity index (χ3v) is 4.52. The van der Waals surface area contributed by atoms with E-state index in [9.17, 15) is 0 Å². The maximum Gasteiger partial charge on any atom is 0.0662 e. The predicted octanol–water partition coefficient (Wildman–Crippen LogP) is 3.75. The van der Waals surface area contributed by atoms with Crippen LogP contribution in [0, 0.1) is 13.8 Å². The Labute approximate surface area is 127 Å². The summed E-state index contributed by atoms with van der Waals surface area (Å²) in [4.78, 5) is 0. The normalized spacial score (nSPS) is 19.4. The van der Waals surface area contributed by atoms with Gasteiger partial charge in [0, 0.05) is 17.3 Å². The number of aromatic nitrogens is 2. The number of nitrogens with zero attached hydrogens (tertiary/aromatic N) is 2. The van der Waals surface area contributed by atoms with E-state index in [1.54, 1.807) is 0 Å². The molecule has 1 N–H and O–H groups in total. The molecule has 2 heterocycles. The van der Waals surface area contributed by atoms with E-state index in [1.807, 2.05) is 0 Å². The van der Waals surface area contributed by atoms with E-state index >= 15 is 0 Å². The van der Waals surface area contributed by atoms with E-state index in [0.717, 1.165) is 13.1 Å². The molecule has 0 aliphatic carbocycles. The summed E-state index contributed by atoms with van der Waals surface area (Å²) < 4.78 is 2.16. The molecular formula is C18H25N3. The van der Waals surface area contributed by atoms with Crippen molar-refractivity contribution in [3.8, 4) is 0 Å². The fraction of sp³-hybridized carbons (Fsp3) is 0.500. The van der Waals surface area contributed by atoms with E-state index in [2.05, 4.69) is 54.2 Å². The second-order valence-electron chi connectivity index (χ2n) is 6.08. The lowest BCUT2D eigenvalue weighted by molar-refractivity contribution is 0.528. The Bertz CT molecular complexity index is 578. The van der Waals surface area contributed by atoms with Crippen molar-refractivity contribution >= 4 is 0 Å². The number of nitrogens with one attached hydrogen (secondary N) is 1. The Morgan fingerprint density at radius 2 is 1.95 bits per heavy atom. The molecule has 112 valence electrons. The van der Waals surface area contributed by atoms with Crippen molar-refractivity contribution in [3.05, 3.63) is 52.8 Å². The molecule has 1 aromatic heterocycles. The zero-order chi connectivity index (χ0) is 14.7. The molecule has 3 nitrogen and oxygen atoms in total. The van der Waals surface area contributed by atoms with Crippen LogP contribution in [0.1, 0.15) is 54.2 Å². The Balaban J connectivity index is 1.85. The quantitative estimate of drug-likeness (QED) is 0.929. The summed E-state index contributed by atoms with van der Waals surface area (Å²) in [6, 6.07) is 11.1. The highest BCUT2D eigenvalue weighted by molar-refractivity contribution is 5.29. The van der Waals surface area contributed by atoms with Crippen LogP contribution < -0.4 is 5.32 Å². The second kappa shape index (κ2) is 6.44. The first-order valence-corrected chi connectivity index (χ1v) is 8.07. The van der Waals surface area contributed by atoms with Crippen molar-refractivity contribution < 1.29 is 0 Å². The van der Waals surface area contributed by atoms with Gasteiger partial charge in [-0.3, -0.25) is 4.68 Å². The molecule has 21 heavy (non-hydrogen) atoms. The molecule has 1 saturated heterocycles. The third kappa shape index (κ3) is 3.18. The van der Waals surface area contributed by atoms with Gasteiger partial charge >= 0.3 is 0 Å². The number of aryl methyl sites for hydroxylation is 1. The van der Waals surface area contributed by atoms with Gasteiger partial charge in [-0.2, -0.15) is 5.10 Å². The van der Waals surface area contributed by atoms with Crippen molar-refractivity contribution in [1.29, 1.82) is 0 Å². The number of hydrogen-bond donors (Lipinski definition) is 1. The lowest BCUT2D eigenvalue weighted by atomic mass is 10.0. The molecule has 1 aromatic carbocycles. The van der Waals surface area contributed by atoms with Gasteiger partial charge in [0.15, 0.2) is 0 Å². The van der Waals surface area contributed by atoms with Crippen molar-refractivity contribution in [1.82, 2.24) is 15.1 Å². The predicted molar refractivity (Wildman–Crippen MR) is 86.5 cm³/mol. The van der Waals surface area contributed by atoms with Gasteiger partial charge in [0.05, 0.1) is 12.2 Å². The van der Waals surface area contributed by atoms with Gasteiger partial charge in [0.1, 0.15) is 0 Å². The monoisotopic (exact) mass is 283 g/mol. The Morgan fingerprint density at radius 1 is 1.14 bits per heavy atom. The average Bonchev–Trinajstić information content (AvgIpc) is 2.70. The summed E-state index contributed by atoms with van der Waals surface area (Å²) in [5, 5.41) is 8.49. The van der Waals surface area contributed by atoms with Crippen LogP contribution in [-0.4, -0.2) is 16.3 Å². The minimum atomic E-state index is 0.483. The molecule has 1 fully saturated rings. The van der Waals surface area contributed by atoms with Gasteiger partial charge in [0.2, 0.25) is 0 Å². The van der Waals surface area contributed by atoms with Crippen molar-refractivity contribution in [2.75, 3.05) is 6.54 Å². The standard InChI is InChI=1S/C18H25N3/c1-14-18(17-11-7-4-8-12-19-17)15(2)21(20-14)13-16-9-5-3-6-10-16/h3,5-6,9-10,17,19H,4,7-8,11-13H2,1-2H3. The first-order valence-electron chi connectivity index (χ1n) is 8.07. The summed E-state index contributed by atoms with van der Waals surface area (Å²) >= 11 is 0. The number of benzene rings is 1. The van der Waals surface area contributed by atoms with Crippen LogP contribution in [0.5, 0.6) is 0 Å². The fourth-order valence-electron chi connectivity index (χ4n) is 3.40. The van der Waals surface area contributed by atoms with E-state index in [1.165, 1.54) is 48.2 Å². The highest BCUT2D eigenvalue weighted by atomic mass is 15.3. The zero-order valence-corrected chi connectivity index (χ0v) is 13.1. The van der Waals surface area contributed by atoms with Gasteiger partial charge in [-0.1, -0.05) is 43.2 Å². The topological polar surface area (TPSA) is 29.9 Å². The molecule has 0 bridgehead atoms. The van der Waals surface area contributed by atoms with Crippen LogP contribution in [0.4, 0.5) is 0 Å². The molecule has 1 aliphatic rings. The maximum absolute atomic E-state index is 4.79. The van der Waals surface area contributed by atoms with Gasteiger partial charge < -0.3 is 5.32 Å². The summed E-state index contributed by atoms with van der Waals surface area (Å²) in [7, 11) is 0. The molecule has 3 heteroatoms. The van der Waals surface area contributed by atoms with Gasteiger partial charge in [-0.05, 0) is 38.8 Å². The highest BCUT2D eigenvalue weighted by Crippen LogP contribution is 2.28. The molecule has 1 unspecified atom stereocenters. The molecule has 0 saturated carbocycles. The molecule has 1 aliphatic heterocycles. The zero-order valence-electron chi connectivity index (χ0n) is 13.1. The van der Waals surface area contributed by atoms with Crippen molar-refractivity contribution in [2.45, 2.75) is 52.1 Å². The lowest BCUT2D eigenvalue weighted by Gasteiger charge is -2.16. The molecular weight excluding hydrogens is 258 g/mol. The van der Waals surface area contributed by atoms with Crippen LogP contribution in [-0.2, 0) is 6.54 Å². The smallest absolute Gasteiger partial charge is 0.0662 e. The minimum absolute atomic E-state index is 0.483. The van der Waals surface area contributed by atoms with Crippen LogP contribution in [0.2, 0.25) is 0 Å². The van der Waals surface area contributed by atoms with Crippen LogP contribution in [0.3, 0.4) is 0 Å². The highest BCUT2D eigenvalue weighted by Gasteiger charge is 2.21. The molecule has 0 spiro atoms. The van der Waals surface area contributed by atoms with Crippen molar-refractivity contribution in [2.24, 2.45) is 0 Å². The first-order chi connectivity index (χ1) is 10.3. The van der Waals surface area contributed by atoms with Gasteiger partial charge in [-0.25, -0.2) is 0 Å². The minimum Gasteiger partial charge on any atom is -0.310 e. The first kappa shape index (κ1) is 14.3. The van der Waals surface area contributed by atoms with Crippen LogP contribution in [0.15, 0.2) is 30.3 Å². The third-order valence-electron chi connectivity index (χ3n) is 4.52. The molecule has 3 rings (SSSR count). The summed E-state index contributed by atoms with van der Waals surface area (Å²) in [6.07, 6.45) is 5.20. The maximum atomic E-state index is 4.79. The van der Waals surface area contributed by atoms with Crippen molar-refractivity contribution in [3.63, 3.8) is 0 Å². The Hall–Kier alpha value is -1.61. The lowest BCUT2D eigenvalue weighted by Crippen LogP contribution is -2.21. The largest absolute Gasteiger partial charge is 0.310 e. The summed E-state index contributed by atoms with van der Waals surface area (Å²) in [5.74, 6) is 0. The van der Waals surface area contributed by atoms with E-state index in [0.29, 0.717) is 6.04 Å². The molecule has 0 radical (unpaired) electrons. The number of hydrogen-bond acceptors (Lipinski definition) is 2. The van der Waals surface area contributed by atoms with Crippen LogP contribution in [0.25, 0.3) is 0 Å². The SMILES string of the molecule is Cc1nn(Cc2ccccc2)c(C)c1C1CCCCCN1. The van der Waals surface area contributed by atoms with E-state index in [4.69, 9.17) is 5.10 Å². The van der Waals surface area contributed by atoms with E-state index < -0.39 is 0 Å². The fourth-order valence-corrected chi connectivity index (χ4v) is 3.40. The molecule has 0 amide bonds. The summed E-state index contributed by atoms with van der Waals surface area (Å²) in [5.41, 5.74) is 5.23. The van der Waals surface area contributed by atoms with Crippen LogP contribution >= 0.6 is 0 Å². The van der Waals surface area contributed by atoms with Gasteiger partial charge in [0.25, 0.3) is 0 Å². The Morgan fingerprint density at radius 3 is 2.76 bits per heavy atom. The molecule has 2 aromatic rings. The average molecular weight is 283 g/mol.